The Morgan fingerprint density at radius 1 is 1.44 bits per heavy atom. The van der Waals surface area contributed by atoms with Crippen molar-refractivity contribution in [1.82, 2.24) is 0 Å². The lowest BCUT2D eigenvalue weighted by Crippen LogP contribution is -2.32. The Morgan fingerprint density at radius 3 is 2.62 bits per heavy atom. The zero-order valence-electron chi connectivity index (χ0n) is 10.4. The molecule has 0 heterocycles. The normalized spacial score (nSPS) is 23.2. The van der Waals surface area contributed by atoms with Gasteiger partial charge in [-0.2, -0.15) is 0 Å². The van der Waals surface area contributed by atoms with Gasteiger partial charge in [-0.25, -0.2) is 4.39 Å². The lowest BCUT2D eigenvalue weighted by molar-refractivity contribution is 0.0365. The molecule has 0 aromatic carbocycles. The molecular weight excluding hydrogens is 222 g/mol. The zero-order valence-corrected chi connectivity index (χ0v) is 11.6. The van der Waals surface area contributed by atoms with Gasteiger partial charge in [0.2, 0.25) is 0 Å². The molecule has 0 saturated heterocycles. The molecule has 3 heteroatoms. The van der Waals surface area contributed by atoms with Crippen LogP contribution in [0, 0.1) is 5.92 Å². The second kappa shape index (κ2) is 6.91. The standard InChI is InChI=1S/C13H26FOP/c1-2-3-10-13(14,16)12(15)9-8-11-6-4-5-7-11/h11-12,15H,2-10,16H2,1H3. The van der Waals surface area contributed by atoms with E-state index in [9.17, 15) is 9.50 Å². The molecule has 1 N–H and O–H groups in total. The van der Waals surface area contributed by atoms with E-state index in [4.69, 9.17) is 0 Å². The summed E-state index contributed by atoms with van der Waals surface area (Å²) in [6.45, 7) is 2.05. The van der Waals surface area contributed by atoms with Crippen LogP contribution in [-0.4, -0.2) is 16.6 Å². The van der Waals surface area contributed by atoms with Crippen LogP contribution in [0.4, 0.5) is 4.39 Å². The van der Waals surface area contributed by atoms with Gasteiger partial charge in [0, 0.05) is 0 Å². The summed E-state index contributed by atoms with van der Waals surface area (Å²) < 4.78 is 14.1. The van der Waals surface area contributed by atoms with Crippen molar-refractivity contribution in [2.75, 3.05) is 0 Å². The number of halogens is 1. The topological polar surface area (TPSA) is 20.2 Å². The summed E-state index contributed by atoms with van der Waals surface area (Å²) in [5.41, 5.74) is 0. The number of aliphatic hydroxyl groups excluding tert-OH is 1. The predicted octanol–water partition coefficient (Wildman–Crippen LogP) is 4.05. The third kappa shape index (κ3) is 4.67. The highest BCUT2D eigenvalue weighted by Gasteiger charge is 2.32. The highest BCUT2D eigenvalue weighted by Crippen LogP contribution is 2.35. The average molecular weight is 248 g/mol. The van der Waals surface area contributed by atoms with Crippen LogP contribution in [0.5, 0.6) is 0 Å². The van der Waals surface area contributed by atoms with E-state index in [1.54, 1.807) is 0 Å². The Labute approximate surface area is 101 Å². The fourth-order valence-electron chi connectivity index (χ4n) is 2.55. The first-order valence-electron chi connectivity index (χ1n) is 6.72. The molecule has 0 spiro atoms. The fourth-order valence-corrected chi connectivity index (χ4v) is 2.92. The Morgan fingerprint density at radius 2 is 2.06 bits per heavy atom. The van der Waals surface area contributed by atoms with Crippen LogP contribution in [0.1, 0.15) is 64.7 Å². The van der Waals surface area contributed by atoms with Crippen LogP contribution in [0.25, 0.3) is 0 Å². The molecule has 1 nitrogen and oxygen atoms in total. The molecular formula is C13H26FOP. The van der Waals surface area contributed by atoms with Crippen LogP contribution in [0.2, 0.25) is 0 Å². The van der Waals surface area contributed by atoms with Crippen molar-refractivity contribution < 1.29 is 9.50 Å². The van der Waals surface area contributed by atoms with Crippen LogP contribution in [-0.2, 0) is 0 Å². The van der Waals surface area contributed by atoms with Crippen molar-refractivity contribution in [3.05, 3.63) is 0 Å². The number of alkyl halides is 1. The minimum Gasteiger partial charge on any atom is -0.389 e. The SMILES string of the molecule is CCCCC(F)(P)C(O)CCC1CCCC1. The van der Waals surface area contributed by atoms with Gasteiger partial charge in [-0.15, -0.1) is 0 Å². The third-order valence-electron chi connectivity index (χ3n) is 3.79. The first-order chi connectivity index (χ1) is 7.56. The summed E-state index contributed by atoms with van der Waals surface area (Å²) in [6.07, 6.45) is 8.29. The second-order valence-corrected chi connectivity index (χ2v) is 6.23. The molecule has 1 aliphatic carbocycles. The number of aliphatic hydroxyl groups is 1. The number of hydrogen-bond donors (Lipinski definition) is 1. The lowest BCUT2D eigenvalue weighted by Gasteiger charge is -2.27. The number of unbranched alkanes of at least 4 members (excludes halogenated alkanes) is 1. The first-order valence-corrected chi connectivity index (χ1v) is 7.30. The van der Waals surface area contributed by atoms with Gasteiger partial charge >= 0.3 is 0 Å². The monoisotopic (exact) mass is 248 g/mol. The van der Waals surface area contributed by atoms with Crippen LogP contribution in [0.3, 0.4) is 0 Å². The highest BCUT2D eigenvalue weighted by atomic mass is 31.0. The second-order valence-electron chi connectivity index (χ2n) is 5.27. The van der Waals surface area contributed by atoms with Crippen LogP contribution < -0.4 is 0 Å². The maximum atomic E-state index is 14.1. The van der Waals surface area contributed by atoms with Crippen molar-refractivity contribution in [1.29, 1.82) is 0 Å². The van der Waals surface area contributed by atoms with E-state index in [0.29, 0.717) is 12.8 Å². The summed E-state index contributed by atoms with van der Waals surface area (Å²) in [5, 5.41) is 8.40. The van der Waals surface area contributed by atoms with Gasteiger partial charge in [0.05, 0.1) is 6.10 Å². The summed E-state index contributed by atoms with van der Waals surface area (Å²) in [5.74, 6) is 0.738. The molecule has 0 aromatic rings. The zero-order chi connectivity index (χ0) is 12.0. The molecule has 1 fully saturated rings. The Balaban J connectivity index is 2.23. The molecule has 0 bridgehead atoms. The maximum Gasteiger partial charge on any atom is 0.149 e. The van der Waals surface area contributed by atoms with Gasteiger partial charge in [0.25, 0.3) is 0 Å². The minimum atomic E-state index is -1.46. The Kier molecular flexibility index (Phi) is 6.21. The summed E-state index contributed by atoms with van der Waals surface area (Å²) in [7, 11) is 2.22. The maximum absolute atomic E-state index is 14.1. The number of hydrogen-bond acceptors (Lipinski definition) is 1. The molecule has 0 radical (unpaired) electrons. The van der Waals surface area contributed by atoms with Crippen LogP contribution in [0.15, 0.2) is 0 Å². The van der Waals surface area contributed by atoms with Gasteiger partial charge in [-0.05, 0) is 25.2 Å². The first kappa shape index (κ1) is 14.4. The quantitative estimate of drug-likeness (QED) is 0.674. The van der Waals surface area contributed by atoms with Gasteiger partial charge < -0.3 is 5.11 Å². The van der Waals surface area contributed by atoms with E-state index in [-0.39, 0.29) is 0 Å². The van der Waals surface area contributed by atoms with E-state index in [0.717, 1.165) is 25.2 Å². The molecule has 0 aromatic heterocycles. The van der Waals surface area contributed by atoms with Crippen molar-refractivity contribution in [2.24, 2.45) is 5.92 Å². The third-order valence-corrected chi connectivity index (χ3v) is 4.46. The lowest BCUT2D eigenvalue weighted by atomic mass is 9.96. The molecule has 1 saturated carbocycles. The predicted molar refractivity (Wildman–Crippen MR) is 70.3 cm³/mol. The molecule has 0 aliphatic heterocycles. The molecule has 3 unspecified atom stereocenters. The van der Waals surface area contributed by atoms with Crippen LogP contribution >= 0.6 is 9.24 Å². The fraction of sp³-hybridized carbons (Fsp3) is 1.00. The average Bonchev–Trinajstić information content (AvgIpc) is 2.75. The molecule has 1 aliphatic rings. The molecule has 16 heavy (non-hydrogen) atoms. The Hall–Kier alpha value is 0.320. The number of rotatable bonds is 7. The summed E-state index contributed by atoms with van der Waals surface area (Å²) in [4.78, 5) is 0. The summed E-state index contributed by atoms with van der Waals surface area (Å²) in [6, 6.07) is 0. The minimum absolute atomic E-state index is 0.458. The van der Waals surface area contributed by atoms with Crippen molar-refractivity contribution >= 4 is 9.24 Å². The smallest absolute Gasteiger partial charge is 0.149 e. The van der Waals surface area contributed by atoms with E-state index in [2.05, 4.69) is 9.24 Å². The van der Waals surface area contributed by atoms with Crippen molar-refractivity contribution in [3.63, 3.8) is 0 Å². The Bertz CT molecular complexity index is 190. The van der Waals surface area contributed by atoms with Gasteiger partial charge in [-0.3, -0.25) is 0 Å². The largest absolute Gasteiger partial charge is 0.389 e. The van der Waals surface area contributed by atoms with E-state index < -0.39 is 11.5 Å². The molecule has 1 rings (SSSR count). The molecule has 3 atom stereocenters. The van der Waals surface area contributed by atoms with E-state index in [1.807, 2.05) is 6.92 Å². The van der Waals surface area contributed by atoms with Gasteiger partial charge in [-0.1, -0.05) is 54.7 Å². The molecule has 96 valence electrons. The van der Waals surface area contributed by atoms with E-state index in [1.165, 1.54) is 25.7 Å². The molecule has 0 amide bonds. The van der Waals surface area contributed by atoms with E-state index >= 15 is 0 Å². The summed E-state index contributed by atoms with van der Waals surface area (Å²) >= 11 is 0. The highest BCUT2D eigenvalue weighted by molar-refractivity contribution is 7.18. The van der Waals surface area contributed by atoms with Gasteiger partial charge in [0.1, 0.15) is 5.41 Å². The van der Waals surface area contributed by atoms with Gasteiger partial charge in [0.15, 0.2) is 0 Å². The van der Waals surface area contributed by atoms with Crippen molar-refractivity contribution in [2.45, 2.75) is 76.2 Å². The van der Waals surface area contributed by atoms with Crippen molar-refractivity contribution in [3.8, 4) is 0 Å².